The van der Waals surface area contributed by atoms with Gasteiger partial charge in [-0.05, 0) is 17.7 Å². The molecule has 25 heavy (non-hydrogen) atoms. The van der Waals surface area contributed by atoms with Gasteiger partial charge in [0.05, 0.1) is 19.1 Å². The predicted octanol–water partition coefficient (Wildman–Crippen LogP) is 4.02. The molecule has 1 aromatic carbocycles. The molecule has 130 valence electrons. The second-order valence-corrected chi connectivity index (χ2v) is 6.63. The Morgan fingerprint density at radius 2 is 1.92 bits per heavy atom. The van der Waals surface area contributed by atoms with Gasteiger partial charge < -0.3 is 13.9 Å². The molecular weight excluding hydrogens is 366 g/mol. The molecule has 0 amide bonds. The van der Waals surface area contributed by atoms with Crippen LogP contribution in [0.25, 0.3) is 11.5 Å². The summed E-state index contributed by atoms with van der Waals surface area (Å²) in [6, 6.07) is 6.83. The summed E-state index contributed by atoms with van der Waals surface area (Å²) in [5, 5.41) is 21.0. The molecule has 3 rings (SSSR count). The molecule has 0 spiro atoms. The molecule has 10 heteroatoms. The largest absolute Gasteiger partial charge is 0.497 e. The number of aromatic nitrogens is 2. The molecule has 3 aromatic rings. The Kier molecular flexibility index (Phi) is 5.19. The average molecular weight is 379 g/mol. The number of ether oxygens (including phenoxy) is 2. The first-order chi connectivity index (χ1) is 12.1. The molecule has 0 aliphatic carbocycles. The second kappa shape index (κ2) is 7.53. The molecule has 0 saturated heterocycles. The Hall–Kier alpha value is -2.59. The first-order valence-corrected chi connectivity index (χ1v) is 8.87. The van der Waals surface area contributed by atoms with Crippen LogP contribution in [0.15, 0.2) is 39.3 Å². The van der Waals surface area contributed by atoms with E-state index in [1.54, 1.807) is 43.9 Å². The van der Waals surface area contributed by atoms with Gasteiger partial charge in [-0.2, -0.15) is 0 Å². The SMILES string of the molecule is COc1cc(OC)cc(-c2nnc(SCc3csc([N+](=O)[O-])c3)o2)c1. The highest BCUT2D eigenvalue weighted by Gasteiger charge is 2.14. The van der Waals surface area contributed by atoms with Crippen molar-refractivity contribution in [3.05, 3.63) is 45.3 Å². The van der Waals surface area contributed by atoms with E-state index in [2.05, 4.69) is 10.2 Å². The average Bonchev–Trinajstić information content (AvgIpc) is 3.28. The number of benzene rings is 1. The Morgan fingerprint density at radius 1 is 1.20 bits per heavy atom. The van der Waals surface area contributed by atoms with Gasteiger partial charge in [0.15, 0.2) is 0 Å². The van der Waals surface area contributed by atoms with Crippen LogP contribution in [-0.4, -0.2) is 29.3 Å². The standard InChI is InChI=1S/C15H13N3O5S2/c1-21-11-4-10(5-12(6-11)22-2)14-16-17-15(23-14)25-8-9-3-13(18(19)20)24-7-9/h3-7H,8H2,1-2H3. The van der Waals surface area contributed by atoms with E-state index in [0.717, 1.165) is 16.9 Å². The minimum absolute atomic E-state index is 0.116. The quantitative estimate of drug-likeness (QED) is 0.345. The number of thiophene rings is 1. The minimum Gasteiger partial charge on any atom is -0.497 e. The summed E-state index contributed by atoms with van der Waals surface area (Å²) >= 11 is 2.41. The van der Waals surface area contributed by atoms with E-state index in [1.165, 1.54) is 11.8 Å². The van der Waals surface area contributed by atoms with E-state index in [-0.39, 0.29) is 5.00 Å². The number of rotatable bonds is 7. The molecule has 0 aliphatic rings. The monoisotopic (exact) mass is 379 g/mol. The summed E-state index contributed by atoms with van der Waals surface area (Å²) in [7, 11) is 3.13. The topological polar surface area (TPSA) is 101 Å². The molecule has 0 radical (unpaired) electrons. The summed E-state index contributed by atoms with van der Waals surface area (Å²) in [6.45, 7) is 0. The number of methoxy groups -OCH3 is 2. The maximum absolute atomic E-state index is 10.7. The zero-order chi connectivity index (χ0) is 17.8. The van der Waals surface area contributed by atoms with Crippen LogP contribution >= 0.6 is 23.1 Å². The smallest absolute Gasteiger partial charge is 0.324 e. The van der Waals surface area contributed by atoms with Gasteiger partial charge in [0.25, 0.3) is 5.22 Å². The van der Waals surface area contributed by atoms with Crippen molar-refractivity contribution >= 4 is 28.1 Å². The van der Waals surface area contributed by atoms with Crippen LogP contribution in [0, 0.1) is 10.1 Å². The highest BCUT2D eigenvalue weighted by atomic mass is 32.2. The Bertz CT molecular complexity index is 871. The fourth-order valence-electron chi connectivity index (χ4n) is 1.99. The normalized spacial score (nSPS) is 10.6. The van der Waals surface area contributed by atoms with Gasteiger partial charge in [-0.3, -0.25) is 10.1 Å². The van der Waals surface area contributed by atoms with Gasteiger partial charge >= 0.3 is 5.00 Å². The number of hydrogen-bond donors (Lipinski definition) is 0. The highest BCUT2D eigenvalue weighted by molar-refractivity contribution is 7.98. The maximum atomic E-state index is 10.7. The molecule has 0 atom stereocenters. The molecule has 2 aromatic heterocycles. The fraction of sp³-hybridized carbons (Fsp3) is 0.200. The number of nitro groups is 1. The van der Waals surface area contributed by atoms with E-state index in [9.17, 15) is 10.1 Å². The first kappa shape index (κ1) is 17.2. The van der Waals surface area contributed by atoms with Crippen molar-refractivity contribution in [2.45, 2.75) is 11.0 Å². The van der Waals surface area contributed by atoms with Crippen molar-refractivity contribution in [3.63, 3.8) is 0 Å². The summed E-state index contributed by atoms with van der Waals surface area (Å²) < 4.78 is 16.1. The Labute approximate surface area is 150 Å². The van der Waals surface area contributed by atoms with Gasteiger partial charge in [0.2, 0.25) is 5.89 Å². The van der Waals surface area contributed by atoms with E-state index in [4.69, 9.17) is 13.9 Å². The molecule has 0 saturated carbocycles. The third kappa shape index (κ3) is 4.09. The molecule has 8 nitrogen and oxygen atoms in total. The van der Waals surface area contributed by atoms with Crippen LogP contribution in [0.5, 0.6) is 11.5 Å². The van der Waals surface area contributed by atoms with Gasteiger partial charge in [0, 0.05) is 28.8 Å². The van der Waals surface area contributed by atoms with Crippen molar-refractivity contribution in [1.82, 2.24) is 10.2 Å². The minimum atomic E-state index is -0.403. The summed E-state index contributed by atoms with van der Waals surface area (Å²) in [4.78, 5) is 10.3. The summed E-state index contributed by atoms with van der Waals surface area (Å²) in [5.41, 5.74) is 1.52. The number of thioether (sulfide) groups is 1. The van der Waals surface area contributed by atoms with Gasteiger partial charge in [-0.15, -0.1) is 10.2 Å². The maximum Gasteiger partial charge on any atom is 0.324 e. The lowest BCUT2D eigenvalue weighted by molar-refractivity contribution is -0.380. The van der Waals surface area contributed by atoms with E-state index >= 15 is 0 Å². The Balaban J connectivity index is 1.72. The fourth-order valence-corrected chi connectivity index (χ4v) is 3.52. The van der Waals surface area contributed by atoms with Crippen molar-refractivity contribution < 1.29 is 18.8 Å². The van der Waals surface area contributed by atoms with Gasteiger partial charge in [-0.25, -0.2) is 0 Å². The summed E-state index contributed by atoms with van der Waals surface area (Å²) in [6.07, 6.45) is 0. The zero-order valence-corrected chi connectivity index (χ0v) is 14.9. The van der Waals surface area contributed by atoms with Crippen LogP contribution in [0.4, 0.5) is 5.00 Å². The molecule has 0 N–H and O–H groups in total. The van der Waals surface area contributed by atoms with Crippen molar-refractivity contribution in [1.29, 1.82) is 0 Å². The molecule has 2 heterocycles. The van der Waals surface area contributed by atoms with Gasteiger partial charge in [-0.1, -0.05) is 23.1 Å². The first-order valence-electron chi connectivity index (χ1n) is 7.00. The molecule has 0 fully saturated rings. The second-order valence-electron chi connectivity index (χ2n) is 4.81. The molecule has 0 aliphatic heterocycles. The molecule has 0 bridgehead atoms. The lowest BCUT2D eigenvalue weighted by Crippen LogP contribution is -1.88. The van der Waals surface area contributed by atoms with Crippen LogP contribution in [0.2, 0.25) is 0 Å². The van der Waals surface area contributed by atoms with Crippen LogP contribution in [0.1, 0.15) is 5.56 Å². The predicted molar refractivity (Wildman–Crippen MR) is 93.4 cm³/mol. The van der Waals surface area contributed by atoms with Crippen molar-refractivity contribution in [2.75, 3.05) is 14.2 Å². The number of hydrogen-bond acceptors (Lipinski definition) is 9. The lowest BCUT2D eigenvalue weighted by atomic mass is 10.2. The number of nitrogens with zero attached hydrogens (tertiary/aromatic N) is 3. The summed E-state index contributed by atoms with van der Waals surface area (Å²) in [5.74, 6) is 2.09. The van der Waals surface area contributed by atoms with Gasteiger partial charge in [0.1, 0.15) is 11.5 Å². The Morgan fingerprint density at radius 3 is 2.52 bits per heavy atom. The van der Waals surface area contributed by atoms with Crippen LogP contribution < -0.4 is 9.47 Å². The van der Waals surface area contributed by atoms with E-state index < -0.39 is 4.92 Å². The van der Waals surface area contributed by atoms with Crippen molar-refractivity contribution in [2.24, 2.45) is 0 Å². The highest BCUT2D eigenvalue weighted by Crippen LogP contribution is 2.32. The van der Waals surface area contributed by atoms with Crippen LogP contribution in [0.3, 0.4) is 0 Å². The molecular formula is C15H13N3O5S2. The van der Waals surface area contributed by atoms with Crippen molar-refractivity contribution in [3.8, 4) is 23.0 Å². The third-order valence-corrected chi connectivity index (χ3v) is 5.01. The lowest BCUT2D eigenvalue weighted by Gasteiger charge is -2.05. The zero-order valence-electron chi connectivity index (χ0n) is 13.3. The van der Waals surface area contributed by atoms with E-state index in [1.807, 2.05) is 0 Å². The van der Waals surface area contributed by atoms with E-state index in [0.29, 0.717) is 33.9 Å². The van der Waals surface area contributed by atoms with Crippen LogP contribution in [-0.2, 0) is 5.75 Å². The third-order valence-electron chi connectivity index (χ3n) is 3.19. The molecule has 0 unspecified atom stereocenters.